The highest BCUT2D eigenvalue weighted by Gasteiger charge is 2.24. The number of hydrogen-bond donors (Lipinski definition) is 0. The average molecular weight is 251 g/mol. The summed E-state index contributed by atoms with van der Waals surface area (Å²) in [5.41, 5.74) is 0. The Morgan fingerprint density at radius 2 is 2.35 bits per heavy atom. The summed E-state index contributed by atoms with van der Waals surface area (Å²) in [5.74, 6) is 1.39. The standard InChI is InChI=1S/C12H17N3OS/c1-9(16)10-4-3-5-15(7-10)11-6-12(17-2)14-8-13-11/h6,8,10H,3-5,7H2,1-2H3. The third-order valence-corrected chi connectivity index (χ3v) is 3.80. The van der Waals surface area contributed by atoms with Gasteiger partial charge in [-0.1, -0.05) is 0 Å². The van der Waals surface area contributed by atoms with Gasteiger partial charge in [-0.25, -0.2) is 9.97 Å². The van der Waals surface area contributed by atoms with Gasteiger partial charge in [0, 0.05) is 25.1 Å². The van der Waals surface area contributed by atoms with Crippen molar-refractivity contribution < 1.29 is 4.79 Å². The van der Waals surface area contributed by atoms with E-state index in [4.69, 9.17) is 0 Å². The molecule has 0 amide bonds. The van der Waals surface area contributed by atoms with Gasteiger partial charge in [0.2, 0.25) is 0 Å². The molecule has 0 aromatic carbocycles. The molecular weight excluding hydrogens is 234 g/mol. The number of anilines is 1. The molecule has 17 heavy (non-hydrogen) atoms. The number of Topliss-reactive ketones (excluding diaryl/α,β-unsaturated/α-hetero) is 1. The summed E-state index contributed by atoms with van der Waals surface area (Å²) in [7, 11) is 0. The lowest BCUT2D eigenvalue weighted by molar-refractivity contribution is -0.120. The summed E-state index contributed by atoms with van der Waals surface area (Å²) in [6.07, 6.45) is 5.66. The molecule has 5 heteroatoms. The fourth-order valence-corrected chi connectivity index (χ4v) is 2.51. The molecule has 1 atom stereocenters. The smallest absolute Gasteiger partial charge is 0.134 e. The van der Waals surface area contributed by atoms with Gasteiger partial charge in [0.15, 0.2) is 0 Å². The predicted octanol–water partition coefficient (Wildman–Crippen LogP) is 2.00. The molecule has 1 aromatic rings. The Morgan fingerprint density at radius 1 is 1.53 bits per heavy atom. The molecule has 1 aliphatic rings. The van der Waals surface area contributed by atoms with Crippen LogP contribution < -0.4 is 4.90 Å². The Kier molecular flexibility index (Phi) is 3.99. The van der Waals surface area contributed by atoms with Gasteiger partial charge < -0.3 is 4.90 Å². The van der Waals surface area contributed by atoms with E-state index in [0.717, 1.165) is 36.8 Å². The van der Waals surface area contributed by atoms with Crippen LogP contribution in [0.4, 0.5) is 5.82 Å². The van der Waals surface area contributed by atoms with E-state index in [9.17, 15) is 4.79 Å². The molecule has 0 radical (unpaired) electrons. The van der Waals surface area contributed by atoms with Crippen molar-refractivity contribution in [1.29, 1.82) is 0 Å². The van der Waals surface area contributed by atoms with Crippen molar-refractivity contribution in [1.82, 2.24) is 9.97 Å². The van der Waals surface area contributed by atoms with Crippen molar-refractivity contribution in [3.05, 3.63) is 12.4 Å². The van der Waals surface area contributed by atoms with E-state index in [2.05, 4.69) is 14.9 Å². The maximum atomic E-state index is 11.4. The summed E-state index contributed by atoms with van der Waals surface area (Å²) >= 11 is 1.61. The summed E-state index contributed by atoms with van der Waals surface area (Å²) in [6.45, 7) is 3.45. The molecule has 2 heterocycles. The van der Waals surface area contributed by atoms with Crippen LogP contribution in [0.2, 0.25) is 0 Å². The first-order valence-corrected chi connectivity index (χ1v) is 7.04. The van der Waals surface area contributed by atoms with Gasteiger partial charge in [-0.2, -0.15) is 0 Å². The first kappa shape index (κ1) is 12.4. The van der Waals surface area contributed by atoms with Crippen molar-refractivity contribution in [2.24, 2.45) is 5.92 Å². The van der Waals surface area contributed by atoms with Gasteiger partial charge in [-0.05, 0) is 26.0 Å². The summed E-state index contributed by atoms with van der Waals surface area (Å²) in [5, 5.41) is 0.972. The first-order valence-electron chi connectivity index (χ1n) is 5.82. The van der Waals surface area contributed by atoms with E-state index in [1.165, 1.54) is 0 Å². The fourth-order valence-electron chi connectivity index (χ4n) is 2.13. The normalized spacial score (nSPS) is 20.4. The van der Waals surface area contributed by atoms with Crippen LogP contribution in [-0.2, 0) is 4.79 Å². The third kappa shape index (κ3) is 2.97. The molecule has 0 N–H and O–H groups in total. The van der Waals surface area contributed by atoms with Crippen LogP contribution in [0.3, 0.4) is 0 Å². The number of thioether (sulfide) groups is 1. The van der Waals surface area contributed by atoms with Crippen molar-refractivity contribution in [3.63, 3.8) is 0 Å². The van der Waals surface area contributed by atoms with Crippen molar-refractivity contribution >= 4 is 23.4 Å². The van der Waals surface area contributed by atoms with E-state index in [0.29, 0.717) is 0 Å². The quantitative estimate of drug-likeness (QED) is 0.607. The zero-order valence-electron chi connectivity index (χ0n) is 10.2. The molecule has 1 aromatic heterocycles. The number of aromatic nitrogens is 2. The van der Waals surface area contributed by atoms with Gasteiger partial charge in [0.1, 0.15) is 23.0 Å². The minimum Gasteiger partial charge on any atom is -0.356 e. The number of nitrogens with zero attached hydrogens (tertiary/aromatic N) is 3. The number of ketones is 1. The average Bonchev–Trinajstić information content (AvgIpc) is 2.39. The van der Waals surface area contributed by atoms with Crippen LogP contribution in [0.1, 0.15) is 19.8 Å². The lowest BCUT2D eigenvalue weighted by Crippen LogP contribution is -2.38. The molecule has 0 bridgehead atoms. The molecule has 1 unspecified atom stereocenters. The van der Waals surface area contributed by atoms with Crippen molar-refractivity contribution in [3.8, 4) is 0 Å². The largest absolute Gasteiger partial charge is 0.356 e. The van der Waals surface area contributed by atoms with Crippen LogP contribution in [0.15, 0.2) is 17.4 Å². The van der Waals surface area contributed by atoms with Gasteiger partial charge in [-0.3, -0.25) is 4.79 Å². The number of carbonyl (C=O) groups is 1. The minimum absolute atomic E-state index is 0.163. The number of carbonyl (C=O) groups excluding carboxylic acids is 1. The molecule has 2 rings (SSSR count). The van der Waals surface area contributed by atoms with Crippen LogP contribution in [0.5, 0.6) is 0 Å². The lowest BCUT2D eigenvalue weighted by atomic mass is 9.95. The van der Waals surface area contributed by atoms with Crippen LogP contribution in [-0.4, -0.2) is 35.1 Å². The minimum atomic E-state index is 0.163. The highest BCUT2D eigenvalue weighted by Crippen LogP contribution is 2.23. The summed E-state index contributed by atoms with van der Waals surface area (Å²) in [4.78, 5) is 22.1. The molecule has 1 saturated heterocycles. The molecule has 0 spiro atoms. The molecule has 0 aliphatic carbocycles. The van der Waals surface area contributed by atoms with Crippen LogP contribution >= 0.6 is 11.8 Å². The molecule has 4 nitrogen and oxygen atoms in total. The number of rotatable bonds is 3. The lowest BCUT2D eigenvalue weighted by Gasteiger charge is -2.32. The van der Waals surface area contributed by atoms with E-state index in [1.54, 1.807) is 25.0 Å². The molecule has 1 aliphatic heterocycles. The summed E-state index contributed by atoms with van der Waals surface area (Å²) in [6, 6.07) is 1.99. The van der Waals surface area contributed by atoms with Gasteiger partial charge in [-0.15, -0.1) is 11.8 Å². The van der Waals surface area contributed by atoms with E-state index < -0.39 is 0 Å². The van der Waals surface area contributed by atoms with Crippen molar-refractivity contribution in [2.75, 3.05) is 24.2 Å². The number of piperidine rings is 1. The Balaban J connectivity index is 2.13. The topological polar surface area (TPSA) is 46.1 Å². The van der Waals surface area contributed by atoms with Gasteiger partial charge >= 0.3 is 0 Å². The Hall–Kier alpha value is -1.10. The second-order valence-electron chi connectivity index (χ2n) is 4.31. The molecule has 92 valence electrons. The monoisotopic (exact) mass is 251 g/mol. The van der Waals surface area contributed by atoms with Crippen LogP contribution in [0, 0.1) is 5.92 Å². The zero-order valence-corrected chi connectivity index (χ0v) is 11.0. The highest BCUT2D eigenvalue weighted by atomic mass is 32.2. The zero-order chi connectivity index (χ0) is 12.3. The molecular formula is C12H17N3OS. The Morgan fingerprint density at radius 3 is 3.06 bits per heavy atom. The van der Waals surface area contributed by atoms with Crippen molar-refractivity contribution in [2.45, 2.75) is 24.8 Å². The second kappa shape index (κ2) is 5.49. The van der Waals surface area contributed by atoms with Gasteiger partial charge in [0.25, 0.3) is 0 Å². The Bertz CT molecular complexity index is 410. The van der Waals surface area contributed by atoms with E-state index >= 15 is 0 Å². The number of hydrogen-bond acceptors (Lipinski definition) is 5. The molecule has 0 saturated carbocycles. The molecule has 1 fully saturated rings. The highest BCUT2D eigenvalue weighted by molar-refractivity contribution is 7.98. The van der Waals surface area contributed by atoms with Gasteiger partial charge in [0.05, 0.1) is 0 Å². The van der Waals surface area contributed by atoms with E-state index in [1.807, 2.05) is 12.3 Å². The summed E-state index contributed by atoms with van der Waals surface area (Å²) < 4.78 is 0. The Labute approximate surface area is 106 Å². The van der Waals surface area contributed by atoms with Crippen LogP contribution in [0.25, 0.3) is 0 Å². The maximum absolute atomic E-state index is 11.4. The second-order valence-corrected chi connectivity index (χ2v) is 5.14. The van der Waals surface area contributed by atoms with E-state index in [-0.39, 0.29) is 11.7 Å². The maximum Gasteiger partial charge on any atom is 0.134 e. The first-order chi connectivity index (χ1) is 8.20. The SMILES string of the molecule is CSc1cc(N2CCCC(C(C)=O)C2)ncn1. The fraction of sp³-hybridized carbons (Fsp3) is 0.583. The predicted molar refractivity (Wildman–Crippen MR) is 69.4 cm³/mol. The third-order valence-electron chi connectivity index (χ3n) is 3.16.